The summed E-state index contributed by atoms with van der Waals surface area (Å²) >= 11 is 0. The van der Waals surface area contributed by atoms with Crippen LogP contribution >= 0.6 is 0 Å². The Hall–Kier alpha value is -3.06. The van der Waals surface area contributed by atoms with Crippen LogP contribution < -0.4 is 5.73 Å². The maximum atomic E-state index is 9.57. The standard InChI is InChI=1S/C20H17N3O/c21-12-16-19(18-7-4-10-24-18)15-11-14(13-5-2-1-3-6-13)8-9-17(15)23-20(16)22/h1-7,10,14H,8-9,11H2,(H2,22,23). The van der Waals surface area contributed by atoms with Crippen LogP contribution in [0.4, 0.5) is 5.82 Å². The minimum Gasteiger partial charge on any atom is -0.464 e. The summed E-state index contributed by atoms with van der Waals surface area (Å²) in [6.07, 6.45) is 4.36. The lowest BCUT2D eigenvalue weighted by Gasteiger charge is -2.27. The Balaban J connectivity index is 1.86. The fraction of sp³-hybridized carbons (Fsp3) is 0.200. The smallest absolute Gasteiger partial charge is 0.142 e. The molecule has 2 N–H and O–H groups in total. The molecule has 118 valence electrons. The molecular formula is C20H17N3O. The fourth-order valence-corrected chi connectivity index (χ4v) is 3.59. The van der Waals surface area contributed by atoms with E-state index in [2.05, 4.69) is 35.3 Å². The average Bonchev–Trinajstić information content (AvgIpc) is 3.15. The summed E-state index contributed by atoms with van der Waals surface area (Å²) in [6, 6.07) is 16.4. The van der Waals surface area contributed by atoms with E-state index in [0.717, 1.165) is 36.1 Å². The molecule has 2 aromatic heterocycles. The number of nitriles is 1. The Bertz CT molecular complexity index is 908. The number of hydrogen-bond acceptors (Lipinski definition) is 4. The first kappa shape index (κ1) is 14.5. The van der Waals surface area contributed by atoms with Crippen molar-refractivity contribution < 1.29 is 4.42 Å². The monoisotopic (exact) mass is 315 g/mol. The predicted molar refractivity (Wildman–Crippen MR) is 92.3 cm³/mol. The molecule has 0 fully saturated rings. The molecule has 1 aliphatic carbocycles. The van der Waals surface area contributed by atoms with Crippen molar-refractivity contribution in [1.29, 1.82) is 5.26 Å². The summed E-state index contributed by atoms with van der Waals surface area (Å²) in [5, 5.41) is 9.57. The topological polar surface area (TPSA) is 75.8 Å². The van der Waals surface area contributed by atoms with Crippen LogP contribution in [0.3, 0.4) is 0 Å². The number of benzene rings is 1. The van der Waals surface area contributed by atoms with E-state index in [1.807, 2.05) is 18.2 Å². The van der Waals surface area contributed by atoms with Gasteiger partial charge < -0.3 is 10.2 Å². The lowest BCUT2D eigenvalue weighted by atomic mass is 9.79. The Kier molecular flexibility index (Phi) is 3.55. The molecule has 1 unspecified atom stereocenters. The van der Waals surface area contributed by atoms with Crippen LogP contribution in [0.15, 0.2) is 53.1 Å². The number of aromatic nitrogens is 1. The molecule has 0 amide bonds. The van der Waals surface area contributed by atoms with Crippen molar-refractivity contribution in [3.05, 3.63) is 71.1 Å². The first-order chi connectivity index (χ1) is 11.8. The third kappa shape index (κ3) is 2.35. The minimum atomic E-state index is 0.292. The zero-order valence-electron chi connectivity index (χ0n) is 13.2. The molecule has 3 aromatic rings. The van der Waals surface area contributed by atoms with Crippen LogP contribution in [-0.2, 0) is 12.8 Å². The highest BCUT2D eigenvalue weighted by Gasteiger charge is 2.28. The Morgan fingerprint density at radius 3 is 2.71 bits per heavy atom. The van der Waals surface area contributed by atoms with Crippen molar-refractivity contribution in [2.45, 2.75) is 25.2 Å². The van der Waals surface area contributed by atoms with Crippen LogP contribution in [0.2, 0.25) is 0 Å². The fourth-order valence-electron chi connectivity index (χ4n) is 3.59. The number of anilines is 1. The van der Waals surface area contributed by atoms with E-state index in [9.17, 15) is 5.26 Å². The van der Waals surface area contributed by atoms with Crippen LogP contribution in [0, 0.1) is 11.3 Å². The maximum absolute atomic E-state index is 9.57. The molecule has 1 aromatic carbocycles. The largest absolute Gasteiger partial charge is 0.464 e. The van der Waals surface area contributed by atoms with Crippen LogP contribution in [-0.4, -0.2) is 4.98 Å². The molecular weight excluding hydrogens is 298 g/mol. The number of hydrogen-bond donors (Lipinski definition) is 1. The first-order valence-electron chi connectivity index (χ1n) is 8.08. The second-order valence-corrected chi connectivity index (χ2v) is 6.11. The van der Waals surface area contributed by atoms with Gasteiger partial charge in [0, 0.05) is 11.3 Å². The second kappa shape index (κ2) is 5.86. The van der Waals surface area contributed by atoms with E-state index in [1.54, 1.807) is 6.26 Å². The van der Waals surface area contributed by atoms with E-state index >= 15 is 0 Å². The number of furan rings is 1. The first-order valence-corrected chi connectivity index (χ1v) is 8.08. The third-order valence-electron chi connectivity index (χ3n) is 4.74. The highest BCUT2D eigenvalue weighted by molar-refractivity contribution is 5.76. The van der Waals surface area contributed by atoms with Gasteiger partial charge in [0.15, 0.2) is 0 Å². The zero-order valence-corrected chi connectivity index (χ0v) is 13.2. The number of pyridine rings is 1. The van der Waals surface area contributed by atoms with Crippen LogP contribution in [0.25, 0.3) is 11.3 Å². The molecule has 0 saturated carbocycles. The lowest BCUT2D eigenvalue weighted by molar-refractivity contribution is 0.563. The Morgan fingerprint density at radius 2 is 2.00 bits per heavy atom. The highest BCUT2D eigenvalue weighted by Crippen LogP contribution is 2.40. The lowest BCUT2D eigenvalue weighted by Crippen LogP contribution is -2.17. The molecule has 4 nitrogen and oxygen atoms in total. The third-order valence-corrected chi connectivity index (χ3v) is 4.74. The molecule has 0 spiro atoms. The maximum Gasteiger partial charge on any atom is 0.142 e. The number of nitrogens with two attached hydrogens (primary N) is 1. The summed E-state index contributed by atoms with van der Waals surface area (Å²) in [5.41, 5.74) is 10.7. The van der Waals surface area contributed by atoms with Crippen molar-refractivity contribution >= 4 is 5.82 Å². The average molecular weight is 315 g/mol. The summed E-state index contributed by atoms with van der Waals surface area (Å²) in [5.74, 6) is 1.40. The van der Waals surface area contributed by atoms with Crippen molar-refractivity contribution in [3.63, 3.8) is 0 Å². The van der Waals surface area contributed by atoms with Crippen molar-refractivity contribution in [1.82, 2.24) is 4.98 Å². The van der Waals surface area contributed by atoms with Gasteiger partial charge in [-0.05, 0) is 48.4 Å². The van der Waals surface area contributed by atoms with Gasteiger partial charge in [0.2, 0.25) is 0 Å². The van der Waals surface area contributed by atoms with Gasteiger partial charge in [-0.2, -0.15) is 5.26 Å². The normalized spacial score (nSPS) is 16.4. The van der Waals surface area contributed by atoms with Gasteiger partial charge in [-0.15, -0.1) is 0 Å². The number of nitrogens with zero attached hydrogens (tertiary/aromatic N) is 2. The molecule has 4 heteroatoms. The number of rotatable bonds is 2. The second-order valence-electron chi connectivity index (χ2n) is 6.11. The van der Waals surface area contributed by atoms with E-state index in [4.69, 9.17) is 10.2 Å². The summed E-state index contributed by atoms with van der Waals surface area (Å²) in [6.45, 7) is 0. The molecule has 4 rings (SSSR count). The molecule has 2 heterocycles. The molecule has 24 heavy (non-hydrogen) atoms. The van der Waals surface area contributed by atoms with Crippen molar-refractivity contribution in [2.75, 3.05) is 5.73 Å². The summed E-state index contributed by atoms with van der Waals surface area (Å²) in [4.78, 5) is 4.50. The molecule has 0 bridgehead atoms. The van der Waals surface area contributed by atoms with E-state index in [0.29, 0.717) is 23.1 Å². The van der Waals surface area contributed by atoms with Gasteiger partial charge in [0.1, 0.15) is 23.2 Å². The molecule has 1 aliphatic rings. The van der Waals surface area contributed by atoms with Gasteiger partial charge in [-0.3, -0.25) is 0 Å². The van der Waals surface area contributed by atoms with E-state index < -0.39 is 0 Å². The van der Waals surface area contributed by atoms with Gasteiger partial charge in [-0.1, -0.05) is 30.3 Å². The number of aryl methyl sites for hydroxylation is 1. The highest BCUT2D eigenvalue weighted by atomic mass is 16.3. The zero-order chi connectivity index (χ0) is 16.5. The molecule has 0 radical (unpaired) electrons. The number of fused-ring (bicyclic) bond motifs is 1. The minimum absolute atomic E-state index is 0.292. The summed E-state index contributed by atoms with van der Waals surface area (Å²) in [7, 11) is 0. The Morgan fingerprint density at radius 1 is 1.17 bits per heavy atom. The SMILES string of the molecule is N#Cc1c(N)nc2c(c1-c1ccco1)CC(c1ccccc1)CC2. The molecule has 0 saturated heterocycles. The number of nitrogen functional groups attached to an aromatic ring is 1. The predicted octanol–water partition coefficient (Wildman–Crippen LogP) is 4.07. The molecule has 0 aliphatic heterocycles. The van der Waals surface area contributed by atoms with E-state index in [1.165, 1.54) is 5.56 Å². The van der Waals surface area contributed by atoms with Crippen LogP contribution in [0.1, 0.15) is 34.7 Å². The van der Waals surface area contributed by atoms with Crippen molar-refractivity contribution in [2.24, 2.45) is 0 Å². The van der Waals surface area contributed by atoms with Gasteiger partial charge >= 0.3 is 0 Å². The Labute approximate surface area is 140 Å². The van der Waals surface area contributed by atoms with Crippen LogP contribution in [0.5, 0.6) is 0 Å². The van der Waals surface area contributed by atoms with Crippen molar-refractivity contribution in [3.8, 4) is 17.4 Å². The quantitative estimate of drug-likeness (QED) is 0.773. The van der Waals surface area contributed by atoms with Gasteiger partial charge in [-0.25, -0.2) is 4.98 Å². The van der Waals surface area contributed by atoms with Gasteiger partial charge in [0.05, 0.1) is 6.26 Å². The molecule has 1 atom stereocenters. The summed E-state index contributed by atoms with van der Waals surface area (Å²) < 4.78 is 5.59. The van der Waals surface area contributed by atoms with Gasteiger partial charge in [0.25, 0.3) is 0 Å². The van der Waals surface area contributed by atoms with E-state index in [-0.39, 0.29) is 0 Å².